The maximum Gasteiger partial charge on any atom is 0.129 e. The lowest BCUT2D eigenvalue weighted by atomic mass is 10.1. The summed E-state index contributed by atoms with van der Waals surface area (Å²) in [5.74, 6) is 0.268. The highest BCUT2D eigenvalue weighted by atomic mass is 16.1. The molecule has 3 heteroatoms. The Morgan fingerprint density at radius 1 is 1.43 bits per heavy atom. The van der Waals surface area contributed by atoms with Gasteiger partial charge in [-0.25, -0.2) is 0 Å². The first kappa shape index (κ1) is 11.0. The van der Waals surface area contributed by atoms with Gasteiger partial charge in [-0.2, -0.15) is 5.10 Å². The van der Waals surface area contributed by atoms with Crippen LogP contribution in [0.2, 0.25) is 0 Å². The third kappa shape index (κ3) is 2.44. The van der Waals surface area contributed by atoms with E-state index in [2.05, 4.69) is 12.0 Å². The van der Waals surface area contributed by atoms with E-state index in [4.69, 9.17) is 0 Å². The molecule has 0 aliphatic heterocycles. The molecule has 1 heterocycles. The van der Waals surface area contributed by atoms with E-state index in [1.807, 2.05) is 18.7 Å². The van der Waals surface area contributed by atoms with Crippen LogP contribution in [0.25, 0.3) is 0 Å². The van der Waals surface area contributed by atoms with Gasteiger partial charge >= 0.3 is 0 Å². The predicted octanol–water partition coefficient (Wildman–Crippen LogP) is 1.95. The number of nitrogens with zero attached hydrogens (tertiary/aromatic N) is 2. The largest absolute Gasteiger partial charge is 0.300 e. The summed E-state index contributed by atoms with van der Waals surface area (Å²) in [6.07, 6.45) is 2.57. The molecule has 0 saturated carbocycles. The predicted molar refractivity (Wildman–Crippen MR) is 56.3 cm³/mol. The Balaban J connectivity index is 2.62. The monoisotopic (exact) mass is 194 g/mol. The summed E-state index contributed by atoms with van der Waals surface area (Å²) in [6, 6.07) is 0. The average Bonchev–Trinajstić information content (AvgIpc) is 2.31. The van der Waals surface area contributed by atoms with Crippen molar-refractivity contribution in [2.75, 3.05) is 0 Å². The molecule has 0 aliphatic rings. The Bertz CT molecular complexity index is 339. The Morgan fingerprint density at radius 2 is 2.07 bits per heavy atom. The minimum atomic E-state index is 0.268. The number of hydrogen-bond acceptors (Lipinski definition) is 2. The number of hydrogen-bond donors (Lipinski definition) is 0. The number of ketones is 1. The summed E-state index contributed by atoms with van der Waals surface area (Å²) >= 11 is 0. The van der Waals surface area contributed by atoms with E-state index in [9.17, 15) is 4.79 Å². The van der Waals surface area contributed by atoms with Crippen LogP contribution in [0, 0.1) is 13.8 Å². The summed E-state index contributed by atoms with van der Waals surface area (Å²) < 4.78 is 1.90. The Hall–Kier alpha value is -1.12. The standard InChI is InChI=1S/C11H18N2O/c1-8(14)6-5-7-11-9(2)12-13(4)10(11)3/h5-7H2,1-4H3. The van der Waals surface area contributed by atoms with Crippen LogP contribution >= 0.6 is 0 Å². The van der Waals surface area contributed by atoms with E-state index in [0.717, 1.165) is 18.5 Å². The Kier molecular flexibility index (Phi) is 3.44. The summed E-state index contributed by atoms with van der Waals surface area (Å²) in [5, 5.41) is 4.34. The van der Waals surface area contributed by atoms with Crippen LogP contribution < -0.4 is 0 Å². The summed E-state index contributed by atoms with van der Waals surface area (Å²) in [7, 11) is 1.96. The first-order valence-corrected chi connectivity index (χ1v) is 5.01. The highest BCUT2D eigenvalue weighted by Gasteiger charge is 2.08. The van der Waals surface area contributed by atoms with E-state index in [-0.39, 0.29) is 5.78 Å². The summed E-state index contributed by atoms with van der Waals surface area (Å²) in [6.45, 7) is 5.74. The molecule has 1 aromatic heterocycles. The smallest absolute Gasteiger partial charge is 0.129 e. The van der Waals surface area contributed by atoms with E-state index < -0.39 is 0 Å². The molecule has 0 amide bonds. The average molecular weight is 194 g/mol. The third-order valence-electron chi connectivity index (χ3n) is 2.61. The number of Topliss-reactive ketones (excluding diaryl/α,β-unsaturated/α-hetero) is 1. The molecule has 1 rings (SSSR count). The first-order chi connectivity index (χ1) is 6.52. The van der Waals surface area contributed by atoms with Crippen molar-refractivity contribution < 1.29 is 4.79 Å². The van der Waals surface area contributed by atoms with Crippen molar-refractivity contribution in [2.45, 2.75) is 40.0 Å². The number of aryl methyl sites for hydroxylation is 2. The van der Waals surface area contributed by atoms with Gasteiger partial charge in [-0.15, -0.1) is 0 Å². The van der Waals surface area contributed by atoms with Gasteiger partial charge in [-0.1, -0.05) is 0 Å². The number of aromatic nitrogens is 2. The molecule has 3 nitrogen and oxygen atoms in total. The van der Waals surface area contributed by atoms with Gasteiger partial charge in [0.2, 0.25) is 0 Å². The molecule has 0 N–H and O–H groups in total. The van der Waals surface area contributed by atoms with E-state index in [1.54, 1.807) is 6.92 Å². The van der Waals surface area contributed by atoms with E-state index in [0.29, 0.717) is 6.42 Å². The molecule has 0 saturated heterocycles. The van der Waals surface area contributed by atoms with E-state index >= 15 is 0 Å². The topological polar surface area (TPSA) is 34.9 Å². The minimum absolute atomic E-state index is 0.268. The SMILES string of the molecule is CC(=O)CCCc1c(C)nn(C)c1C. The maximum absolute atomic E-state index is 10.8. The fourth-order valence-electron chi connectivity index (χ4n) is 1.69. The van der Waals surface area contributed by atoms with Crippen molar-refractivity contribution in [1.82, 2.24) is 9.78 Å². The van der Waals surface area contributed by atoms with E-state index in [1.165, 1.54) is 11.3 Å². The van der Waals surface area contributed by atoms with Crippen molar-refractivity contribution in [2.24, 2.45) is 7.05 Å². The maximum atomic E-state index is 10.8. The van der Waals surface area contributed by atoms with Crippen LogP contribution in [0.5, 0.6) is 0 Å². The van der Waals surface area contributed by atoms with Gasteiger partial charge in [-0.3, -0.25) is 4.68 Å². The third-order valence-corrected chi connectivity index (χ3v) is 2.61. The Labute approximate surface area is 85.1 Å². The fraction of sp³-hybridized carbons (Fsp3) is 0.636. The van der Waals surface area contributed by atoms with Gasteiger partial charge in [0.1, 0.15) is 5.78 Å². The summed E-state index contributed by atoms with van der Waals surface area (Å²) in [4.78, 5) is 10.8. The van der Waals surface area contributed by atoms with Gasteiger partial charge < -0.3 is 4.79 Å². The summed E-state index contributed by atoms with van der Waals surface area (Å²) in [5.41, 5.74) is 3.60. The molecule has 0 aromatic carbocycles. The molecule has 0 atom stereocenters. The van der Waals surface area contributed by atoms with Crippen LogP contribution in [0.3, 0.4) is 0 Å². The quantitative estimate of drug-likeness (QED) is 0.734. The minimum Gasteiger partial charge on any atom is -0.300 e. The second kappa shape index (κ2) is 4.40. The second-order valence-corrected chi connectivity index (χ2v) is 3.83. The second-order valence-electron chi connectivity index (χ2n) is 3.83. The molecule has 0 unspecified atom stereocenters. The van der Waals surface area contributed by atoms with Gasteiger partial charge in [0.25, 0.3) is 0 Å². The zero-order valence-corrected chi connectivity index (χ0v) is 9.42. The van der Waals surface area contributed by atoms with Crippen LogP contribution in [0.15, 0.2) is 0 Å². The number of carbonyl (C=O) groups is 1. The lowest BCUT2D eigenvalue weighted by molar-refractivity contribution is -0.117. The molecule has 0 aliphatic carbocycles. The van der Waals surface area contributed by atoms with Crippen LogP contribution in [-0.2, 0) is 18.3 Å². The molecule has 14 heavy (non-hydrogen) atoms. The highest BCUT2D eigenvalue weighted by Crippen LogP contribution is 2.14. The highest BCUT2D eigenvalue weighted by molar-refractivity contribution is 5.75. The molecule has 0 fully saturated rings. The Morgan fingerprint density at radius 3 is 2.50 bits per heavy atom. The number of rotatable bonds is 4. The van der Waals surface area contributed by atoms with Crippen molar-refractivity contribution in [3.63, 3.8) is 0 Å². The molecule has 0 bridgehead atoms. The first-order valence-electron chi connectivity index (χ1n) is 5.01. The van der Waals surface area contributed by atoms with Gasteiger partial charge in [-0.05, 0) is 39.2 Å². The van der Waals surface area contributed by atoms with Gasteiger partial charge in [0.05, 0.1) is 5.69 Å². The molecule has 1 aromatic rings. The van der Waals surface area contributed by atoms with Crippen molar-refractivity contribution in [3.8, 4) is 0 Å². The normalized spacial score (nSPS) is 10.6. The van der Waals surface area contributed by atoms with Crippen molar-refractivity contribution in [1.29, 1.82) is 0 Å². The zero-order chi connectivity index (χ0) is 10.7. The zero-order valence-electron chi connectivity index (χ0n) is 9.42. The van der Waals surface area contributed by atoms with Crippen molar-refractivity contribution >= 4 is 5.78 Å². The van der Waals surface area contributed by atoms with Crippen LogP contribution in [0.4, 0.5) is 0 Å². The fourth-order valence-corrected chi connectivity index (χ4v) is 1.69. The molecule has 0 radical (unpaired) electrons. The van der Waals surface area contributed by atoms with Crippen LogP contribution in [0.1, 0.15) is 36.7 Å². The molecular weight excluding hydrogens is 176 g/mol. The molecular formula is C11H18N2O. The van der Waals surface area contributed by atoms with Crippen LogP contribution in [-0.4, -0.2) is 15.6 Å². The lowest BCUT2D eigenvalue weighted by Crippen LogP contribution is -1.96. The van der Waals surface area contributed by atoms with Gasteiger partial charge in [0.15, 0.2) is 0 Å². The molecule has 78 valence electrons. The number of carbonyl (C=O) groups excluding carboxylic acids is 1. The molecule has 0 spiro atoms. The van der Waals surface area contributed by atoms with Gasteiger partial charge in [0, 0.05) is 19.2 Å². The van der Waals surface area contributed by atoms with Crippen molar-refractivity contribution in [3.05, 3.63) is 17.0 Å². The lowest BCUT2D eigenvalue weighted by Gasteiger charge is -2.00.